The molecule has 1 aromatic carbocycles. The van der Waals surface area contributed by atoms with Gasteiger partial charge in [0.05, 0.1) is 12.7 Å². The summed E-state index contributed by atoms with van der Waals surface area (Å²) in [7, 11) is 0. The molecule has 1 rings (SSSR count). The summed E-state index contributed by atoms with van der Waals surface area (Å²) in [5.41, 5.74) is 3.87. The van der Waals surface area contributed by atoms with E-state index < -0.39 is 6.10 Å². The second-order valence-corrected chi connectivity index (χ2v) is 5.99. The highest BCUT2D eigenvalue weighted by Gasteiger charge is 2.18. The standard InChI is InChI=1S/C19H29NO2/c1-6-10-22-14-19(21)13-20(17(5)7-2)12-18-11-15(3)8-9-16(18)4/h1,8-9,11,17,19,21H,7,10,12-14H2,2-5H3/t17-,19+/m1/s1. The Morgan fingerprint density at radius 1 is 1.36 bits per heavy atom. The summed E-state index contributed by atoms with van der Waals surface area (Å²) in [6.07, 6.45) is 5.68. The first-order valence-corrected chi connectivity index (χ1v) is 7.97. The molecule has 0 aliphatic rings. The fourth-order valence-corrected chi connectivity index (χ4v) is 2.43. The van der Waals surface area contributed by atoms with Gasteiger partial charge in [-0.2, -0.15) is 0 Å². The van der Waals surface area contributed by atoms with Crippen LogP contribution in [0.2, 0.25) is 0 Å². The highest BCUT2D eigenvalue weighted by atomic mass is 16.5. The minimum absolute atomic E-state index is 0.247. The van der Waals surface area contributed by atoms with E-state index in [1.807, 2.05) is 0 Å². The number of aliphatic hydroxyl groups excluding tert-OH is 1. The van der Waals surface area contributed by atoms with Crippen LogP contribution in [0, 0.1) is 26.2 Å². The maximum atomic E-state index is 10.2. The van der Waals surface area contributed by atoms with E-state index in [2.05, 4.69) is 56.7 Å². The van der Waals surface area contributed by atoms with Crippen LogP contribution in [-0.2, 0) is 11.3 Å². The third-order valence-electron chi connectivity index (χ3n) is 4.03. The molecule has 0 heterocycles. The van der Waals surface area contributed by atoms with Crippen molar-refractivity contribution in [3.05, 3.63) is 34.9 Å². The summed E-state index contributed by atoms with van der Waals surface area (Å²) >= 11 is 0. The Bertz CT molecular complexity index is 493. The van der Waals surface area contributed by atoms with Gasteiger partial charge >= 0.3 is 0 Å². The molecule has 0 saturated carbocycles. The van der Waals surface area contributed by atoms with Crippen molar-refractivity contribution in [2.45, 2.75) is 52.8 Å². The first-order valence-electron chi connectivity index (χ1n) is 7.97. The van der Waals surface area contributed by atoms with Crippen LogP contribution in [0.1, 0.15) is 37.0 Å². The Balaban J connectivity index is 2.72. The third kappa shape index (κ3) is 6.19. The van der Waals surface area contributed by atoms with Crippen LogP contribution < -0.4 is 0 Å². The Morgan fingerprint density at radius 2 is 2.09 bits per heavy atom. The predicted molar refractivity (Wildman–Crippen MR) is 91.7 cm³/mol. The zero-order valence-electron chi connectivity index (χ0n) is 14.3. The van der Waals surface area contributed by atoms with Gasteiger partial charge in [-0.15, -0.1) is 6.42 Å². The van der Waals surface area contributed by atoms with Gasteiger partial charge in [0.25, 0.3) is 0 Å². The molecule has 0 aliphatic carbocycles. The van der Waals surface area contributed by atoms with Crippen LogP contribution in [0.5, 0.6) is 0 Å². The Hall–Kier alpha value is -1.34. The normalized spacial score (nSPS) is 13.9. The zero-order valence-corrected chi connectivity index (χ0v) is 14.3. The van der Waals surface area contributed by atoms with E-state index in [1.165, 1.54) is 16.7 Å². The quantitative estimate of drug-likeness (QED) is 0.562. The molecule has 3 heteroatoms. The molecule has 1 N–H and O–H groups in total. The van der Waals surface area contributed by atoms with Crippen LogP contribution in [0.25, 0.3) is 0 Å². The summed E-state index contributed by atoms with van der Waals surface area (Å²) in [5.74, 6) is 2.42. The summed E-state index contributed by atoms with van der Waals surface area (Å²) < 4.78 is 5.24. The van der Waals surface area contributed by atoms with Gasteiger partial charge in [-0.3, -0.25) is 4.90 Å². The summed E-state index contributed by atoms with van der Waals surface area (Å²) in [4.78, 5) is 2.31. The lowest BCUT2D eigenvalue weighted by molar-refractivity contribution is 0.0169. The number of rotatable bonds is 9. The molecule has 0 amide bonds. The summed E-state index contributed by atoms with van der Waals surface area (Å²) in [6.45, 7) is 10.6. The van der Waals surface area contributed by atoms with Gasteiger partial charge in [0.15, 0.2) is 0 Å². The van der Waals surface area contributed by atoms with Gasteiger partial charge in [0.2, 0.25) is 0 Å². The molecule has 3 nitrogen and oxygen atoms in total. The molecule has 0 saturated heterocycles. The fourth-order valence-electron chi connectivity index (χ4n) is 2.43. The second kappa shape index (κ2) is 9.63. The smallest absolute Gasteiger partial charge is 0.107 e. The van der Waals surface area contributed by atoms with Crippen LogP contribution in [-0.4, -0.2) is 41.9 Å². The van der Waals surface area contributed by atoms with Crippen molar-refractivity contribution in [2.24, 2.45) is 0 Å². The van der Waals surface area contributed by atoms with Gasteiger partial charge in [-0.05, 0) is 38.3 Å². The summed E-state index contributed by atoms with van der Waals surface area (Å²) in [5, 5.41) is 10.2. The van der Waals surface area contributed by atoms with Crippen molar-refractivity contribution in [2.75, 3.05) is 19.8 Å². The minimum Gasteiger partial charge on any atom is -0.389 e. The number of hydrogen-bond acceptors (Lipinski definition) is 3. The minimum atomic E-state index is -0.521. The number of nitrogens with zero attached hydrogens (tertiary/aromatic N) is 1. The monoisotopic (exact) mass is 303 g/mol. The van der Waals surface area contributed by atoms with Gasteiger partial charge < -0.3 is 9.84 Å². The van der Waals surface area contributed by atoms with Crippen molar-refractivity contribution in [1.29, 1.82) is 0 Å². The zero-order chi connectivity index (χ0) is 16.5. The molecule has 2 atom stereocenters. The van der Waals surface area contributed by atoms with E-state index in [0.29, 0.717) is 12.6 Å². The first-order chi connectivity index (χ1) is 10.5. The fraction of sp³-hybridized carbons (Fsp3) is 0.579. The Kier molecular flexibility index (Phi) is 8.19. The molecule has 22 heavy (non-hydrogen) atoms. The van der Waals surface area contributed by atoms with Crippen LogP contribution >= 0.6 is 0 Å². The third-order valence-corrected chi connectivity index (χ3v) is 4.03. The van der Waals surface area contributed by atoms with Crippen molar-refractivity contribution in [1.82, 2.24) is 4.90 Å². The molecule has 1 aromatic rings. The maximum Gasteiger partial charge on any atom is 0.107 e. The van der Waals surface area contributed by atoms with Crippen molar-refractivity contribution >= 4 is 0 Å². The molecule has 0 unspecified atom stereocenters. The highest BCUT2D eigenvalue weighted by Crippen LogP contribution is 2.16. The molecule has 0 fully saturated rings. The highest BCUT2D eigenvalue weighted by molar-refractivity contribution is 5.30. The van der Waals surface area contributed by atoms with E-state index in [0.717, 1.165) is 13.0 Å². The molecule has 0 aromatic heterocycles. The lowest BCUT2D eigenvalue weighted by atomic mass is 10.0. The largest absolute Gasteiger partial charge is 0.389 e. The number of benzene rings is 1. The van der Waals surface area contributed by atoms with Crippen LogP contribution in [0.4, 0.5) is 0 Å². The summed E-state index contributed by atoms with van der Waals surface area (Å²) in [6, 6.07) is 6.93. The van der Waals surface area contributed by atoms with Gasteiger partial charge in [0, 0.05) is 19.1 Å². The van der Waals surface area contributed by atoms with E-state index in [9.17, 15) is 5.11 Å². The molecule has 0 spiro atoms. The molecule has 0 bridgehead atoms. The van der Waals surface area contributed by atoms with Gasteiger partial charge in [0.1, 0.15) is 6.61 Å². The average Bonchev–Trinajstić information content (AvgIpc) is 2.49. The number of terminal acetylenes is 1. The number of aliphatic hydroxyl groups is 1. The van der Waals surface area contributed by atoms with E-state index >= 15 is 0 Å². The lowest BCUT2D eigenvalue weighted by Gasteiger charge is -2.31. The SMILES string of the molecule is C#CCOC[C@@H](O)CN(Cc1cc(C)ccc1C)[C@H](C)CC. The maximum absolute atomic E-state index is 10.2. The Morgan fingerprint density at radius 3 is 2.73 bits per heavy atom. The Labute approximate surface area is 135 Å². The van der Waals surface area contributed by atoms with Crippen molar-refractivity contribution in [3.63, 3.8) is 0 Å². The molecule has 0 aliphatic heterocycles. The number of hydrogen-bond donors (Lipinski definition) is 1. The number of ether oxygens (including phenoxy) is 1. The van der Waals surface area contributed by atoms with Crippen LogP contribution in [0.3, 0.4) is 0 Å². The second-order valence-electron chi connectivity index (χ2n) is 5.99. The van der Waals surface area contributed by atoms with E-state index in [4.69, 9.17) is 11.2 Å². The van der Waals surface area contributed by atoms with Gasteiger partial charge in [-0.25, -0.2) is 0 Å². The molecule has 0 radical (unpaired) electrons. The van der Waals surface area contributed by atoms with Crippen molar-refractivity contribution in [3.8, 4) is 12.3 Å². The predicted octanol–water partition coefficient (Wildman–Crippen LogP) is 2.91. The molecular weight excluding hydrogens is 274 g/mol. The molecular formula is C19H29NO2. The van der Waals surface area contributed by atoms with Crippen molar-refractivity contribution < 1.29 is 9.84 Å². The average molecular weight is 303 g/mol. The van der Waals surface area contributed by atoms with Gasteiger partial charge in [-0.1, -0.05) is 36.6 Å². The van der Waals surface area contributed by atoms with E-state index in [1.54, 1.807) is 0 Å². The van der Waals surface area contributed by atoms with Crippen LogP contribution in [0.15, 0.2) is 18.2 Å². The lowest BCUT2D eigenvalue weighted by Crippen LogP contribution is -2.40. The molecule has 122 valence electrons. The number of aryl methyl sites for hydroxylation is 2. The first kappa shape index (κ1) is 18.7. The topological polar surface area (TPSA) is 32.7 Å². The van der Waals surface area contributed by atoms with E-state index in [-0.39, 0.29) is 13.2 Å².